The number of carbonyl (C=O) groups is 1. The molecule has 86 valence electrons. The molecule has 1 aromatic heterocycles. The molecule has 0 fully saturated rings. The molecule has 2 rings (SSSR count). The van der Waals surface area contributed by atoms with Crippen LogP contribution in [0.2, 0.25) is 0 Å². The van der Waals surface area contributed by atoms with Crippen molar-refractivity contribution in [2.45, 2.75) is 0 Å². The lowest BCUT2D eigenvalue weighted by atomic mass is 10.1. The van der Waals surface area contributed by atoms with Crippen LogP contribution in [0, 0.1) is 0 Å². The Kier molecular flexibility index (Phi) is 3.35. The Labute approximate surface area is 99.1 Å². The van der Waals surface area contributed by atoms with Gasteiger partial charge in [-0.2, -0.15) is 0 Å². The summed E-state index contributed by atoms with van der Waals surface area (Å²) in [5.41, 5.74) is 7.07. The van der Waals surface area contributed by atoms with E-state index in [4.69, 9.17) is 10.5 Å². The zero-order valence-corrected chi connectivity index (χ0v) is 9.17. The zero-order chi connectivity index (χ0) is 12.1. The summed E-state index contributed by atoms with van der Waals surface area (Å²) < 4.78 is 5.24. The van der Waals surface area contributed by atoms with Crippen LogP contribution in [0.4, 0.5) is 0 Å². The summed E-state index contributed by atoms with van der Waals surface area (Å²) in [7, 11) is 0. The molecular formula is C13H12N2O2. The highest BCUT2D eigenvalue weighted by Gasteiger charge is 2.01. The Morgan fingerprint density at radius 1 is 1.18 bits per heavy atom. The number of aromatic nitrogens is 1. The van der Waals surface area contributed by atoms with Gasteiger partial charge in [0.25, 0.3) is 5.91 Å². The van der Waals surface area contributed by atoms with Crippen LogP contribution in [-0.4, -0.2) is 17.5 Å². The number of hydrogen-bond donors (Lipinski definition) is 1. The van der Waals surface area contributed by atoms with E-state index < -0.39 is 5.91 Å². The third-order valence-electron chi connectivity index (χ3n) is 2.23. The van der Waals surface area contributed by atoms with Crippen molar-refractivity contribution < 1.29 is 9.53 Å². The number of pyridine rings is 1. The number of hydrogen-bond acceptors (Lipinski definition) is 3. The molecule has 2 aromatic rings. The smallest absolute Gasteiger partial charge is 0.255 e. The van der Waals surface area contributed by atoms with Gasteiger partial charge < -0.3 is 10.5 Å². The summed E-state index contributed by atoms with van der Waals surface area (Å²) in [4.78, 5) is 14.6. The van der Waals surface area contributed by atoms with Crippen LogP contribution < -0.4 is 10.5 Å². The van der Waals surface area contributed by atoms with Gasteiger partial charge in [0, 0.05) is 12.4 Å². The Bertz CT molecular complexity index is 512. The molecular weight excluding hydrogens is 216 g/mol. The van der Waals surface area contributed by atoms with Crippen LogP contribution in [0.15, 0.2) is 48.8 Å². The minimum absolute atomic E-state index is 0.111. The lowest BCUT2D eigenvalue weighted by molar-refractivity contribution is -0.119. The Morgan fingerprint density at radius 3 is 2.65 bits per heavy atom. The molecule has 0 spiro atoms. The highest BCUT2D eigenvalue weighted by molar-refractivity contribution is 5.75. The second-order valence-corrected chi connectivity index (χ2v) is 3.52. The number of benzene rings is 1. The van der Waals surface area contributed by atoms with Crippen molar-refractivity contribution in [3.8, 4) is 16.9 Å². The monoisotopic (exact) mass is 228 g/mol. The first-order valence-electron chi connectivity index (χ1n) is 5.17. The number of primary amides is 1. The van der Waals surface area contributed by atoms with Crippen molar-refractivity contribution in [1.82, 2.24) is 4.98 Å². The fourth-order valence-electron chi connectivity index (χ4n) is 1.46. The third-order valence-corrected chi connectivity index (χ3v) is 2.23. The molecule has 0 bridgehead atoms. The first-order valence-corrected chi connectivity index (χ1v) is 5.17. The van der Waals surface area contributed by atoms with Crippen LogP contribution in [0.5, 0.6) is 5.75 Å². The summed E-state index contributed by atoms with van der Waals surface area (Å²) in [5, 5.41) is 0. The topological polar surface area (TPSA) is 65.2 Å². The van der Waals surface area contributed by atoms with E-state index in [-0.39, 0.29) is 6.61 Å². The SMILES string of the molecule is NC(=O)COc1cccc(-c2ccncc2)c1. The molecule has 0 saturated heterocycles. The molecule has 0 saturated carbocycles. The van der Waals surface area contributed by atoms with Crippen molar-refractivity contribution in [3.05, 3.63) is 48.8 Å². The predicted molar refractivity (Wildman–Crippen MR) is 64.4 cm³/mol. The second-order valence-electron chi connectivity index (χ2n) is 3.52. The highest BCUT2D eigenvalue weighted by atomic mass is 16.5. The van der Waals surface area contributed by atoms with Gasteiger partial charge >= 0.3 is 0 Å². The van der Waals surface area contributed by atoms with Gasteiger partial charge in [0.15, 0.2) is 6.61 Å². The molecule has 0 aliphatic rings. The van der Waals surface area contributed by atoms with Crippen LogP contribution >= 0.6 is 0 Å². The maximum absolute atomic E-state index is 10.6. The molecule has 0 unspecified atom stereocenters. The molecule has 2 N–H and O–H groups in total. The van der Waals surface area contributed by atoms with Gasteiger partial charge in [0.2, 0.25) is 0 Å². The summed E-state index contributed by atoms with van der Waals surface area (Å²) in [6, 6.07) is 11.3. The van der Waals surface area contributed by atoms with Gasteiger partial charge in [0.05, 0.1) is 0 Å². The predicted octanol–water partition coefficient (Wildman–Crippen LogP) is 1.61. The third kappa shape index (κ3) is 3.04. The van der Waals surface area contributed by atoms with E-state index in [0.29, 0.717) is 5.75 Å². The van der Waals surface area contributed by atoms with E-state index in [2.05, 4.69) is 4.98 Å². The fraction of sp³-hybridized carbons (Fsp3) is 0.0769. The molecule has 1 aromatic carbocycles. The molecule has 0 atom stereocenters. The van der Waals surface area contributed by atoms with Crippen molar-refractivity contribution in [2.75, 3.05) is 6.61 Å². The van der Waals surface area contributed by atoms with Crippen LogP contribution in [0.3, 0.4) is 0 Å². The molecule has 0 aliphatic carbocycles. The Morgan fingerprint density at radius 2 is 1.94 bits per heavy atom. The summed E-state index contributed by atoms with van der Waals surface area (Å²) in [6.45, 7) is -0.111. The molecule has 4 heteroatoms. The highest BCUT2D eigenvalue weighted by Crippen LogP contribution is 2.22. The zero-order valence-electron chi connectivity index (χ0n) is 9.17. The molecule has 1 heterocycles. The molecule has 1 amide bonds. The first-order chi connectivity index (χ1) is 8.25. The quantitative estimate of drug-likeness (QED) is 0.864. The first kappa shape index (κ1) is 11.1. The molecule has 0 radical (unpaired) electrons. The molecule has 0 aliphatic heterocycles. The van der Waals surface area contributed by atoms with Crippen molar-refractivity contribution >= 4 is 5.91 Å². The van der Waals surface area contributed by atoms with Crippen LogP contribution in [0.25, 0.3) is 11.1 Å². The summed E-state index contributed by atoms with van der Waals surface area (Å²) in [6.07, 6.45) is 3.46. The number of ether oxygens (including phenoxy) is 1. The van der Waals surface area contributed by atoms with Crippen molar-refractivity contribution in [1.29, 1.82) is 0 Å². The number of nitrogens with zero attached hydrogens (tertiary/aromatic N) is 1. The largest absolute Gasteiger partial charge is 0.484 e. The van der Waals surface area contributed by atoms with E-state index in [1.807, 2.05) is 30.3 Å². The van der Waals surface area contributed by atoms with Gasteiger partial charge in [0.1, 0.15) is 5.75 Å². The van der Waals surface area contributed by atoms with Gasteiger partial charge in [-0.15, -0.1) is 0 Å². The van der Waals surface area contributed by atoms with E-state index in [0.717, 1.165) is 11.1 Å². The standard InChI is InChI=1S/C13H12N2O2/c14-13(16)9-17-12-3-1-2-11(8-12)10-4-6-15-7-5-10/h1-8H,9H2,(H2,14,16). The number of amides is 1. The number of carbonyl (C=O) groups excluding carboxylic acids is 1. The average molecular weight is 228 g/mol. The summed E-state index contributed by atoms with van der Waals surface area (Å²) in [5.74, 6) is 0.137. The van der Waals surface area contributed by atoms with E-state index in [1.165, 1.54) is 0 Å². The van der Waals surface area contributed by atoms with Crippen molar-refractivity contribution in [3.63, 3.8) is 0 Å². The van der Waals surface area contributed by atoms with Gasteiger partial charge in [-0.05, 0) is 35.4 Å². The summed E-state index contributed by atoms with van der Waals surface area (Å²) >= 11 is 0. The van der Waals surface area contributed by atoms with Gasteiger partial charge in [-0.1, -0.05) is 12.1 Å². The van der Waals surface area contributed by atoms with E-state index in [9.17, 15) is 4.79 Å². The Balaban J connectivity index is 2.20. The van der Waals surface area contributed by atoms with Crippen molar-refractivity contribution in [2.24, 2.45) is 5.73 Å². The average Bonchev–Trinajstić information content (AvgIpc) is 2.38. The second kappa shape index (κ2) is 5.12. The maximum atomic E-state index is 10.6. The minimum atomic E-state index is -0.487. The molecule has 4 nitrogen and oxygen atoms in total. The minimum Gasteiger partial charge on any atom is -0.484 e. The number of nitrogens with two attached hydrogens (primary N) is 1. The molecule has 17 heavy (non-hydrogen) atoms. The maximum Gasteiger partial charge on any atom is 0.255 e. The van der Waals surface area contributed by atoms with Crippen LogP contribution in [-0.2, 0) is 4.79 Å². The van der Waals surface area contributed by atoms with Crippen LogP contribution in [0.1, 0.15) is 0 Å². The van der Waals surface area contributed by atoms with Gasteiger partial charge in [-0.25, -0.2) is 0 Å². The lowest BCUT2D eigenvalue weighted by Gasteiger charge is -2.06. The fourth-order valence-corrected chi connectivity index (χ4v) is 1.46. The lowest BCUT2D eigenvalue weighted by Crippen LogP contribution is -2.19. The van der Waals surface area contributed by atoms with Gasteiger partial charge in [-0.3, -0.25) is 9.78 Å². The number of rotatable bonds is 4. The van der Waals surface area contributed by atoms with E-state index >= 15 is 0 Å². The van der Waals surface area contributed by atoms with E-state index in [1.54, 1.807) is 18.5 Å². The normalized spacial score (nSPS) is 9.88. The Hall–Kier alpha value is -2.36.